The van der Waals surface area contributed by atoms with Gasteiger partial charge in [-0.1, -0.05) is 32.0 Å². The molecule has 6 heteroatoms. The van der Waals surface area contributed by atoms with Crippen LogP contribution in [0, 0.1) is 13.8 Å². The number of likely N-dealkylation sites (N-methyl/N-ethyl adjacent to an activating group) is 1. The normalized spacial score (nSPS) is 17.3. The van der Waals surface area contributed by atoms with Crippen LogP contribution in [0.1, 0.15) is 37.0 Å². The van der Waals surface area contributed by atoms with Crippen molar-refractivity contribution in [1.29, 1.82) is 0 Å². The van der Waals surface area contributed by atoms with Crippen molar-refractivity contribution in [1.82, 2.24) is 9.80 Å². The summed E-state index contributed by atoms with van der Waals surface area (Å²) in [7, 11) is 0. The number of amides is 2. The third-order valence-electron chi connectivity index (χ3n) is 6.28. The third kappa shape index (κ3) is 4.67. The fourth-order valence-electron chi connectivity index (χ4n) is 4.61. The first-order valence-corrected chi connectivity index (χ1v) is 11.8. The summed E-state index contributed by atoms with van der Waals surface area (Å²) >= 11 is 0. The summed E-state index contributed by atoms with van der Waals surface area (Å²) in [6.07, 6.45) is 0.929. The van der Waals surface area contributed by atoms with Gasteiger partial charge in [-0.25, -0.2) is 4.90 Å². The van der Waals surface area contributed by atoms with Crippen LogP contribution in [-0.4, -0.2) is 60.9 Å². The number of benzene rings is 2. The Balaban J connectivity index is 1.74. The molecule has 1 saturated heterocycles. The topological polar surface area (TPSA) is 53.1 Å². The number of carbonyl (C=O) groups is 2. The highest BCUT2D eigenvalue weighted by atomic mass is 16.5. The van der Waals surface area contributed by atoms with Gasteiger partial charge >= 0.3 is 0 Å². The Morgan fingerprint density at radius 3 is 2.06 bits per heavy atom. The van der Waals surface area contributed by atoms with Gasteiger partial charge in [-0.3, -0.25) is 9.59 Å². The molecule has 2 aromatic rings. The Morgan fingerprint density at radius 1 is 0.848 bits per heavy atom. The summed E-state index contributed by atoms with van der Waals surface area (Å²) in [5.41, 5.74) is 4.41. The van der Waals surface area contributed by atoms with Crippen LogP contribution >= 0.6 is 0 Å². The summed E-state index contributed by atoms with van der Waals surface area (Å²) in [5.74, 6) is 0.263. The number of ether oxygens (including phenoxy) is 1. The van der Waals surface area contributed by atoms with Crippen LogP contribution in [0.5, 0.6) is 5.75 Å². The number of hydrogen-bond acceptors (Lipinski definition) is 5. The van der Waals surface area contributed by atoms with Crippen molar-refractivity contribution >= 4 is 23.1 Å². The molecular weight excluding hydrogens is 414 g/mol. The van der Waals surface area contributed by atoms with E-state index in [4.69, 9.17) is 4.74 Å². The van der Waals surface area contributed by atoms with Crippen molar-refractivity contribution in [3.05, 3.63) is 64.9 Å². The zero-order valence-electron chi connectivity index (χ0n) is 20.1. The molecule has 0 bridgehead atoms. The molecule has 0 atom stereocenters. The molecule has 33 heavy (non-hydrogen) atoms. The average Bonchev–Trinajstić information content (AvgIpc) is 3.07. The van der Waals surface area contributed by atoms with Crippen molar-refractivity contribution in [3.63, 3.8) is 0 Å². The molecule has 0 spiro atoms. The van der Waals surface area contributed by atoms with Crippen LogP contribution in [0.15, 0.2) is 48.2 Å². The lowest BCUT2D eigenvalue weighted by Gasteiger charge is -2.36. The van der Waals surface area contributed by atoms with Crippen molar-refractivity contribution < 1.29 is 14.3 Å². The largest absolute Gasteiger partial charge is 0.494 e. The monoisotopic (exact) mass is 447 g/mol. The summed E-state index contributed by atoms with van der Waals surface area (Å²) < 4.78 is 5.71. The van der Waals surface area contributed by atoms with Crippen molar-refractivity contribution in [2.75, 3.05) is 44.2 Å². The summed E-state index contributed by atoms with van der Waals surface area (Å²) in [6.45, 7) is 13.0. The Labute approximate surface area is 196 Å². The molecule has 2 aliphatic rings. The van der Waals surface area contributed by atoms with E-state index in [9.17, 15) is 9.59 Å². The number of anilines is 1. The lowest BCUT2D eigenvalue weighted by molar-refractivity contribution is -0.120. The van der Waals surface area contributed by atoms with Gasteiger partial charge in [0, 0.05) is 26.2 Å². The third-order valence-corrected chi connectivity index (χ3v) is 6.28. The Bertz CT molecular complexity index is 1050. The van der Waals surface area contributed by atoms with Gasteiger partial charge in [-0.2, -0.15) is 0 Å². The molecule has 0 unspecified atom stereocenters. The van der Waals surface area contributed by atoms with Gasteiger partial charge in [-0.05, 0) is 67.8 Å². The summed E-state index contributed by atoms with van der Waals surface area (Å²) in [6, 6.07) is 13.4. The van der Waals surface area contributed by atoms with Crippen LogP contribution in [0.4, 0.5) is 5.69 Å². The predicted molar refractivity (Wildman–Crippen MR) is 131 cm³/mol. The fourth-order valence-corrected chi connectivity index (χ4v) is 4.61. The number of aryl methyl sites for hydroxylation is 2. The SMILES string of the molecule is CCCOc1ccc(C2=C(N3CCN(CC)CC3)C(=O)N(c3cc(C)cc(C)c3)C2=O)cc1. The van der Waals surface area contributed by atoms with E-state index >= 15 is 0 Å². The zero-order chi connectivity index (χ0) is 23.5. The first-order valence-electron chi connectivity index (χ1n) is 11.8. The molecule has 2 aromatic carbocycles. The van der Waals surface area contributed by atoms with Gasteiger partial charge in [0.1, 0.15) is 11.4 Å². The minimum Gasteiger partial charge on any atom is -0.494 e. The van der Waals surface area contributed by atoms with E-state index in [2.05, 4.69) is 23.6 Å². The van der Waals surface area contributed by atoms with Crippen molar-refractivity contribution in [2.24, 2.45) is 0 Å². The van der Waals surface area contributed by atoms with Crippen molar-refractivity contribution in [2.45, 2.75) is 34.1 Å². The lowest BCUT2D eigenvalue weighted by Crippen LogP contribution is -2.47. The molecule has 2 aliphatic heterocycles. The molecule has 2 amide bonds. The van der Waals surface area contributed by atoms with E-state index in [0.717, 1.165) is 61.6 Å². The van der Waals surface area contributed by atoms with Crippen LogP contribution in [-0.2, 0) is 9.59 Å². The maximum absolute atomic E-state index is 13.7. The number of hydrogen-bond donors (Lipinski definition) is 0. The van der Waals surface area contributed by atoms with Gasteiger partial charge in [0.2, 0.25) is 0 Å². The van der Waals surface area contributed by atoms with E-state index in [1.807, 2.05) is 56.3 Å². The average molecular weight is 448 g/mol. The smallest absolute Gasteiger partial charge is 0.282 e. The highest BCUT2D eigenvalue weighted by Crippen LogP contribution is 2.36. The van der Waals surface area contributed by atoms with Crippen LogP contribution in [0.2, 0.25) is 0 Å². The molecule has 2 heterocycles. The minimum absolute atomic E-state index is 0.240. The first kappa shape index (κ1) is 23.1. The minimum atomic E-state index is -0.264. The van der Waals surface area contributed by atoms with Gasteiger partial charge in [0.25, 0.3) is 11.8 Å². The zero-order valence-corrected chi connectivity index (χ0v) is 20.1. The Hall–Kier alpha value is -3.12. The number of imide groups is 1. The fraction of sp³-hybridized carbons (Fsp3) is 0.407. The number of carbonyl (C=O) groups excluding carboxylic acids is 2. The maximum atomic E-state index is 13.7. The molecule has 1 fully saturated rings. The second-order valence-electron chi connectivity index (χ2n) is 8.81. The molecule has 0 N–H and O–H groups in total. The number of piperazine rings is 1. The van der Waals surface area contributed by atoms with Crippen LogP contribution in [0.3, 0.4) is 0 Å². The van der Waals surface area contributed by atoms with E-state index < -0.39 is 0 Å². The molecule has 0 aromatic heterocycles. The van der Waals surface area contributed by atoms with E-state index in [1.165, 1.54) is 4.90 Å². The van der Waals surface area contributed by atoms with Crippen LogP contribution < -0.4 is 9.64 Å². The molecule has 0 aliphatic carbocycles. The molecule has 0 saturated carbocycles. The van der Waals surface area contributed by atoms with Crippen molar-refractivity contribution in [3.8, 4) is 5.75 Å². The predicted octanol–water partition coefficient (Wildman–Crippen LogP) is 4.01. The van der Waals surface area contributed by atoms with Crippen LogP contribution in [0.25, 0.3) is 5.57 Å². The molecule has 0 radical (unpaired) electrons. The molecule has 4 rings (SSSR count). The quantitative estimate of drug-likeness (QED) is 0.600. The van der Waals surface area contributed by atoms with E-state index in [1.54, 1.807) is 0 Å². The molecular formula is C27H33N3O3. The van der Waals surface area contributed by atoms with Gasteiger partial charge in [0.05, 0.1) is 17.9 Å². The van der Waals surface area contributed by atoms with Gasteiger partial charge in [-0.15, -0.1) is 0 Å². The summed E-state index contributed by atoms with van der Waals surface area (Å²) in [4.78, 5) is 33.3. The second-order valence-corrected chi connectivity index (χ2v) is 8.81. The standard InChI is InChI=1S/C27H33N3O3/c1-5-15-33-23-9-7-21(8-10-23)24-25(29-13-11-28(6-2)12-14-29)27(32)30(26(24)31)22-17-19(3)16-20(4)18-22/h7-10,16-18H,5-6,11-15H2,1-4H3. The lowest BCUT2D eigenvalue weighted by atomic mass is 10.0. The highest BCUT2D eigenvalue weighted by Gasteiger charge is 2.43. The molecule has 174 valence electrons. The van der Waals surface area contributed by atoms with Gasteiger partial charge < -0.3 is 14.5 Å². The number of rotatable bonds is 7. The number of nitrogens with zero attached hydrogens (tertiary/aromatic N) is 3. The van der Waals surface area contributed by atoms with E-state index in [-0.39, 0.29) is 11.8 Å². The summed E-state index contributed by atoms with van der Waals surface area (Å²) in [5, 5.41) is 0. The first-order chi connectivity index (χ1) is 15.9. The maximum Gasteiger partial charge on any atom is 0.282 e. The molecule has 6 nitrogen and oxygen atoms in total. The van der Waals surface area contributed by atoms with Gasteiger partial charge in [0.15, 0.2) is 0 Å². The highest BCUT2D eigenvalue weighted by molar-refractivity contribution is 6.45. The Morgan fingerprint density at radius 2 is 1.48 bits per heavy atom. The Kier molecular flexibility index (Phi) is 6.84. The van der Waals surface area contributed by atoms with E-state index in [0.29, 0.717) is 23.6 Å². The second kappa shape index (κ2) is 9.79.